The van der Waals surface area contributed by atoms with Crippen LogP contribution in [0.1, 0.15) is 19.3 Å². The Morgan fingerprint density at radius 3 is 2.42 bits per heavy atom. The molecule has 1 heterocycles. The van der Waals surface area contributed by atoms with Crippen LogP contribution in [-0.2, 0) is 4.79 Å². The van der Waals surface area contributed by atoms with Gasteiger partial charge in [-0.1, -0.05) is 0 Å². The van der Waals surface area contributed by atoms with Crippen molar-refractivity contribution >= 4 is 18.3 Å². The molecule has 1 saturated heterocycles. The molecule has 1 aliphatic heterocycles. The van der Waals surface area contributed by atoms with Gasteiger partial charge in [0.05, 0.1) is 0 Å². The lowest BCUT2D eigenvalue weighted by Crippen LogP contribution is -2.31. The van der Waals surface area contributed by atoms with E-state index in [4.69, 9.17) is 5.73 Å². The maximum absolute atomic E-state index is 10.8. The summed E-state index contributed by atoms with van der Waals surface area (Å²) in [6, 6.07) is 0. The lowest BCUT2D eigenvalue weighted by molar-refractivity contribution is -0.120. The molecule has 4 heteroatoms. The van der Waals surface area contributed by atoms with Gasteiger partial charge in [0.1, 0.15) is 0 Å². The number of hydrogen-bond acceptors (Lipinski definition) is 2. The van der Waals surface area contributed by atoms with Gasteiger partial charge in [-0.25, -0.2) is 0 Å². The first-order valence-corrected chi connectivity index (χ1v) is 4.25. The molecular weight excluding hydrogens is 176 g/mol. The number of nitrogens with two attached hydrogens (primary N) is 1. The summed E-state index contributed by atoms with van der Waals surface area (Å²) in [5.74, 6) is 0.108. The summed E-state index contributed by atoms with van der Waals surface area (Å²) in [7, 11) is 0. The van der Waals surface area contributed by atoms with Crippen molar-refractivity contribution < 1.29 is 4.79 Å². The third-order valence-corrected chi connectivity index (χ3v) is 3.13. The largest absolute Gasteiger partial charge is 0.369 e. The molecule has 1 aliphatic carbocycles. The van der Waals surface area contributed by atoms with Crippen molar-refractivity contribution in [3.63, 3.8) is 0 Å². The maximum atomic E-state index is 10.8. The summed E-state index contributed by atoms with van der Waals surface area (Å²) in [4.78, 5) is 10.8. The lowest BCUT2D eigenvalue weighted by Gasteiger charge is -2.22. The van der Waals surface area contributed by atoms with E-state index in [2.05, 4.69) is 5.32 Å². The van der Waals surface area contributed by atoms with Crippen LogP contribution >= 0.6 is 12.4 Å². The fourth-order valence-corrected chi connectivity index (χ4v) is 2.23. The molecule has 0 aromatic heterocycles. The van der Waals surface area contributed by atoms with E-state index in [1.54, 1.807) is 0 Å². The molecule has 0 radical (unpaired) electrons. The smallest absolute Gasteiger partial charge is 0.221 e. The molecule has 3 N–H and O–H groups in total. The topological polar surface area (TPSA) is 55.1 Å². The number of carbonyl (C=O) groups is 1. The molecule has 0 aromatic rings. The molecule has 12 heavy (non-hydrogen) atoms. The summed E-state index contributed by atoms with van der Waals surface area (Å²) in [6.07, 6.45) is 3.32. The number of carbonyl (C=O) groups excluding carboxylic acids is 1. The first kappa shape index (κ1) is 9.81. The molecule has 1 spiro atoms. The van der Waals surface area contributed by atoms with Gasteiger partial charge in [-0.05, 0) is 37.8 Å². The van der Waals surface area contributed by atoms with Gasteiger partial charge in [0, 0.05) is 5.92 Å². The zero-order chi connectivity index (χ0) is 7.90. The van der Waals surface area contributed by atoms with Crippen LogP contribution in [0, 0.1) is 11.3 Å². The number of hydrogen-bond donors (Lipinski definition) is 2. The predicted octanol–water partition coefficient (Wildman–Crippen LogP) is 0.283. The highest BCUT2D eigenvalue weighted by molar-refractivity contribution is 5.85. The van der Waals surface area contributed by atoms with Crippen molar-refractivity contribution in [1.29, 1.82) is 0 Å². The fraction of sp³-hybridized carbons (Fsp3) is 0.875. The average molecular weight is 191 g/mol. The average Bonchev–Trinajstić information content (AvgIpc) is 2.66. The molecule has 1 amide bonds. The second kappa shape index (κ2) is 3.23. The summed E-state index contributed by atoms with van der Waals surface area (Å²) in [6.45, 7) is 2.12. The Kier molecular flexibility index (Phi) is 2.64. The number of halogens is 1. The van der Waals surface area contributed by atoms with Crippen LogP contribution in [0.5, 0.6) is 0 Å². The minimum Gasteiger partial charge on any atom is -0.369 e. The molecule has 1 unspecified atom stereocenters. The predicted molar refractivity (Wildman–Crippen MR) is 49.1 cm³/mol. The van der Waals surface area contributed by atoms with Gasteiger partial charge in [0.15, 0.2) is 0 Å². The molecule has 0 aromatic carbocycles. The fourth-order valence-electron chi connectivity index (χ4n) is 2.23. The molecule has 2 fully saturated rings. The molecule has 2 aliphatic rings. The summed E-state index contributed by atoms with van der Waals surface area (Å²) < 4.78 is 0. The Bertz CT molecular complexity index is 189. The summed E-state index contributed by atoms with van der Waals surface area (Å²) in [5, 5.41) is 3.29. The second-order valence-corrected chi connectivity index (χ2v) is 3.77. The standard InChI is InChI=1S/C8H14N2O.ClH/c9-7(11)6-5-8(6)1-3-10-4-2-8;/h6,10H,1-5H2,(H2,9,11);1H. The van der Waals surface area contributed by atoms with Crippen molar-refractivity contribution in [3.05, 3.63) is 0 Å². The van der Waals surface area contributed by atoms with Gasteiger partial charge in [-0.15, -0.1) is 12.4 Å². The maximum Gasteiger partial charge on any atom is 0.221 e. The van der Waals surface area contributed by atoms with Gasteiger partial charge in [0.2, 0.25) is 5.91 Å². The van der Waals surface area contributed by atoms with Crippen molar-refractivity contribution in [1.82, 2.24) is 5.32 Å². The normalized spacial score (nSPS) is 30.8. The first-order valence-electron chi connectivity index (χ1n) is 4.25. The van der Waals surface area contributed by atoms with E-state index in [9.17, 15) is 4.79 Å². The molecule has 1 saturated carbocycles. The molecule has 0 bridgehead atoms. The van der Waals surface area contributed by atoms with E-state index in [0.717, 1.165) is 32.4 Å². The highest BCUT2D eigenvalue weighted by Crippen LogP contribution is 2.58. The quantitative estimate of drug-likeness (QED) is 0.624. The highest BCUT2D eigenvalue weighted by atomic mass is 35.5. The molecule has 1 atom stereocenters. The van der Waals surface area contributed by atoms with E-state index in [1.165, 1.54) is 0 Å². The molecule has 70 valence electrons. The number of piperidine rings is 1. The first-order chi connectivity index (χ1) is 5.25. The minimum atomic E-state index is -0.0908. The SMILES string of the molecule is Cl.NC(=O)C1CC12CCNCC2. The number of rotatable bonds is 1. The van der Waals surface area contributed by atoms with Crippen molar-refractivity contribution in [2.45, 2.75) is 19.3 Å². The molecule has 3 nitrogen and oxygen atoms in total. The molecular formula is C8H15ClN2O. The van der Waals surface area contributed by atoms with Gasteiger partial charge < -0.3 is 11.1 Å². The van der Waals surface area contributed by atoms with Crippen molar-refractivity contribution in [2.75, 3.05) is 13.1 Å². The Labute approximate surface area is 78.5 Å². The van der Waals surface area contributed by atoms with Crippen LogP contribution in [0.4, 0.5) is 0 Å². The highest BCUT2D eigenvalue weighted by Gasteiger charge is 2.56. The van der Waals surface area contributed by atoms with Crippen LogP contribution in [-0.4, -0.2) is 19.0 Å². The Morgan fingerprint density at radius 1 is 1.42 bits per heavy atom. The van der Waals surface area contributed by atoms with Crippen LogP contribution in [0.2, 0.25) is 0 Å². The van der Waals surface area contributed by atoms with E-state index in [-0.39, 0.29) is 24.2 Å². The van der Waals surface area contributed by atoms with Gasteiger partial charge in [-0.2, -0.15) is 0 Å². The third-order valence-electron chi connectivity index (χ3n) is 3.13. The molecule has 2 rings (SSSR count). The Morgan fingerprint density at radius 2 is 2.00 bits per heavy atom. The van der Waals surface area contributed by atoms with Crippen molar-refractivity contribution in [3.8, 4) is 0 Å². The Hall–Kier alpha value is -0.280. The third kappa shape index (κ3) is 1.43. The lowest BCUT2D eigenvalue weighted by atomic mass is 9.92. The summed E-state index contributed by atoms with van der Waals surface area (Å²) in [5.41, 5.74) is 5.57. The number of nitrogens with one attached hydrogen (secondary N) is 1. The van der Waals surface area contributed by atoms with Gasteiger partial charge in [-0.3, -0.25) is 4.79 Å². The van der Waals surface area contributed by atoms with E-state index in [0.29, 0.717) is 5.41 Å². The number of amides is 1. The summed E-state index contributed by atoms with van der Waals surface area (Å²) >= 11 is 0. The van der Waals surface area contributed by atoms with Gasteiger partial charge >= 0.3 is 0 Å². The van der Waals surface area contributed by atoms with E-state index in [1.807, 2.05) is 0 Å². The second-order valence-electron chi connectivity index (χ2n) is 3.77. The minimum absolute atomic E-state index is 0. The Balaban J connectivity index is 0.000000720. The van der Waals surface area contributed by atoms with E-state index < -0.39 is 0 Å². The zero-order valence-corrected chi connectivity index (χ0v) is 7.82. The van der Waals surface area contributed by atoms with Crippen LogP contribution in [0.15, 0.2) is 0 Å². The van der Waals surface area contributed by atoms with Gasteiger partial charge in [0.25, 0.3) is 0 Å². The monoisotopic (exact) mass is 190 g/mol. The zero-order valence-electron chi connectivity index (χ0n) is 7.01. The van der Waals surface area contributed by atoms with Crippen molar-refractivity contribution in [2.24, 2.45) is 17.1 Å². The van der Waals surface area contributed by atoms with Crippen LogP contribution in [0.3, 0.4) is 0 Å². The van der Waals surface area contributed by atoms with Crippen LogP contribution < -0.4 is 11.1 Å². The van der Waals surface area contributed by atoms with Crippen LogP contribution in [0.25, 0.3) is 0 Å². The number of primary amides is 1. The van der Waals surface area contributed by atoms with E-state index >= 15 is 0 Å².